The first-order valence-electron chi connectivity index (χ1n) is 5.57. The molecule has 0 aromatic carbocycles. The summed E-state index contributed by atoms with van der Waals surface area (Å²) in [5.41, 5.74) is 0.447. The Balaban J connectivity index is 2.29. The minimum Gasteiger partial charge on any atom is -0.388 e. The lowest BCUT2D eigenvalue weighted by Crippen LogP contribution is -2.07. The van der Waals surface area contributed by atoms with E-state index in [9.17, 15) is 9.50 Å². The number of aliphatic hydroxyl groups is 1. The molecular formula is C13H18FNO. The molecule has 1 aromatic heterocycles. The first-order valence-corrected chi connectivity index (χ1v) is 5.57. The van der Waals surface area contributed by atoms with Gasteiger partial charge in [-0.3, -0.25) is 4.98 Å². The Labute approximate surface area is 95.5 Å². The lowest BCUT2D eigenvalue weighted by atomic mass is 10.0. The van der Waals surface area contributed by atoms with Gasteiger partial charge in [0.1, 0.15) is 5.82 Å². The minimum atomic E-state index is -0.743. The van der Waals surface area contributed by atoms with Gasteiger partial charge in [-0.1, -0.05) is 27.7 Å². The van der Waals surface area contributed by atoms with Crippen molar-refractivity contribution in [1.82, 2.24) is 4.98 Å². The van der Waals surface area contributed by atoms with E-state index in [-0.39, 0.29) is 16.7 Å². The molecule has 0 radical (unpaired) electrons. The van der Waals surface area contributed by atoms with E-state index in [0.29, 0.717) is 5.56 Å². The van der Waals surface area contributed by atoms with Crippen LogP contribution in [0, 0.1) is 22.6 Å². The number of hydrogen-bond acceptors (Lipinski definition) is 2. The van der Waals surface area contributed by atoms with Crippen molar-refractivity contribution in [2.75, 3.05) is 0 Å². The third kappa shape index (κ3) is 1.38. The van der Waals surface area contributed by atoms with Crippen LogP contribution in [0.25, 0.3) is 0 Å². The van der Waals surface area contributed by atoms with Crippen molar-refractivity contribution in [2.45, 2.75) is 33.8 Å². The van der Waals surface area contributed by atoms with Gasteiger partial charge < -0.3 is 5.11 Å². The summed E-state index contributed by atoms with van der Waals surface area (Å²) in [7, 11) is 0. The van der Waals surface area contributed by atoms with Gasteiger partial charge in [-0.25, -0.2) is 4.39 Å². The zero-order valence-electron chi connectivity index (χ0n) is 10.2. The Hall–Kier alpha value is -0.960. The topological polar surface area (TPSA) is 33.1 Å². The first-order chi connectivity index (χ1) is 7.30. The van der Waals surface area contributed by atoms with Crippen molar-refractivity contribution in [1.29, 1.82) is 0 Å². The Kier molecular flexibility index (Phi) is 2.35. The minimum absolute atomic E-state index is 0.0438. The quantitative estimate of drug-likeness (QED) is 0.836. The van der Waals surface area contributed by atoms with Crippen LogP contribution >= 0.6 is 0 Å². The van der Waals surface area contributed by atoms with Gasteiger partial charge in [0.05, 0.1) is 12.3 Å². The molecular weight excluding hydrogens is 205 g/mol. The number of aromatic nitrogens is 1. The van der Waals surface area contributed by atoms with Crippen molar-refractivity contribution >= 4 is 0 Å². The highest BCUT2D eigenvalue weighted by Crippen LogP contribution is 2.72. The van der Waals surface area contributed by atoms with Crippen LogP contribution in [-0.4, -0.2) is 10.1 Å². The van der Waals surface area contributed by atoms with Crippen molar-refractivity contribution in [2.24, 2.45) is 16.7 Å². The maximum Gasteiger partial charge on any atom is 0.147 e. The van der Waals surface area contributed by atoms with Crippen LogP contribution in [0.1, 0.15) is 39.4 Å². The summed E-state index contributed by atoms with van der Waals surface area (Å²) in [6.07, 6.45) is 1.93. The second-order valence-electron chi connectivity index (χ2n) is 5.76. The highest BCUT2D eigenvalue weighted by Gasteiger charge is 2.67. The first kappa shape index (κ1) is 11.5. The molecule has 1 aliphatic rings. The maximum atomic E-state index is 13.5. The van der Waals surface area contributed by atoms with Crippen LogP contribution in [0.4, 0.5) is 4.39 Å². The van der Waals surface area contributed by atoms with E-state index in [1.54, 1.807) is 6.07 Å². The highest BCUT2D eigenvalue weighted by molar-refractivity contribution is 5.24. The average molecular weight is 223 g/mol. The fraction of sp³-hybridized carbons (Fsp3) is 0.615. The number of halogens is 1. The van der Waals surface area contributed by atoms with Gasteiger partial charge in [0.25, 0.3) is 0 Å². The number of nitrogens with zero attached hydrogens (tertiary/aromatic N) is 1. The molecule has 1 fully saturated rings. The molecule has 3 heteroatoms. The summed E-state index contributed by atoms with van der Waals surface area (Å²) < 4.78 is 13.5. The molecule has 0 amide bonds. The van der Waals surface area contributed by atoms with Gasteiger partial charge in [0.15, 0.2) is 0 Å². The van der Waals surface area contributed by atoms with Gasteiger partial charge in [-0.05, 0) is 16.9 Å². The lowest BCUT2D eigenvalue weighted by molar-refractivity contribution is 0.126. The number of pyridine rings is 1. The SMILES string of the molecule is CC1(C)C(C(O)c2ccncc2F)C1(C)C. The van der Waals surface area contributed by atoms with E-state index in [1.807, 2.05) is 0 Å². The molecule has 1 N–H and O–H groups in total. The number of rotatable bonds is 2. The summed E-state index contributed by atoms with van der Waals surface area (Å²) in [4.78, 5) is 3.69. The standard InChI is InChI=1S/C13H18FNO/c1-12(2)11(13(12,3)4)10(16)8-5-6-15-7-9(8)14/h5-7,10-11,16H,1-4H3. The second-order valence-corrected chi connectivity index (χ2v) is 5.76. The third-order valence-electron chi connectivity index (χ3n) is 4.57. The molecule has 1 heterocycles. The maximum absolute atomic E-state index is 13.5. The molecule has 1 saturated carbocycles. The Morgan fingerprint density at radius 1 is 1.31 bits per heavy atom. The molecule has 1 unspecified atom stereocenters. The van der Waals surface area contributed by atoms with Crippen LogP contribution in [0.15, 0.2) is 18.5 Å². The zero-order valence-corrected chi connectivity index (χ0v) is 10.2. The normalized spacial score (nSPS) is 24.1. The Morgan fingerprint density at radius 3 is 2.31 bits per heavy atom. The van der Waals surface area contributed by atoms with Gasteiger partial charge in [0, 0.05) is 17.7 Å². The summed E-state index contributed by atoms with van der Waals surface area (Å²) >= 11 is 0. The van der Waals surface area contributed by atoms with Gasteiger partial charge in [0.2, 0.25) is 0 Å². The van der Waals surface area contributed by atoms with Crippen LogP contribution < -0.4 is 0 Å². The van der Waals surface area contributed by atoms with E-state index in [2.05, 4.69) is 32.7 Å². The number of hydrogen-bond donors (Lipinski definition) is 1. The van der Waals surface area contributed by atoms with Crippen LogP contribution in [0.2, 0.25) is 0 Å². The molecule has 1 aromatic rings. The van der Waals surface area contributed by atoms with E-state index in [4.69, 9.17) is 0 Å². The molecule has 16 heavy (non-hydrogen) atoms. The molecule has 2 rings (SSSR count). The van der Waals surface area contributed by atoms with E-state index >= 15 is 0 Å². The fourth-order valence-electron chi connectivity index (χ4n) is 2.84. The van der Waals surface area contributed by atoms with E-state index < -0.39 is 11.9 Å². The molecule has 0 bridgehead atoms. The van der Waals surface area contributed by atoms with Gasteiger partial charge >= 0.3 is 0 Å². The van der Waals surface area contributed by atoms with Crippen molar-refractivity contribution in [3.05, 3.63) is 29.8 Å². The summed E-state index contributed by atoms with van der Waals surface area (Å²) in [5.74, 6) is -0.328. The Bertz CT molecular complexity index is 400. The molecule has 1 aliphatic carbocycles. The monoisotopic (exact) mass is 223 g/mol. The van der Waals surface area contributed by atoms with Crippen LogP contribution in [0.5, 0.6) is 0 Å². The molecule has 0 saturated heterocycles. The average Bonchev–Trinajstić information content (AvgIpc) is 2.57. The molecule has 2 nitrogen and oxygen atoms in total. The van der Waals surface area contributed by atoms with Crippen molar-refractivity contribution in [3.8, 4) is 0 Å². The van der Waals surface area contributed by atoms with Gasteiger partial charge in [-0.15, -0.1) is 0 Å². The third-order valence-corrected chi connectivity index (χ3v) is 4.57. The fourth-order valence-corrected chi connectivity index (χ4v) is 2.84. The molecule has 0 aliphatic heterocycles. The highest BCUT2D eigenvalue weighted by atomic mass is 19.1. The summed E-state index contributed by atoms with van der Waals surface area (Å²) in [5, 5.41) is 10.2. The second kappa shape index (κ2) is 3.27. The Morgan fingerprint density at radius 2 is 1.88 bits per heavy atom. The summed E-state index contributed by atoms with van der Waals surface area (Å²) in [6, 6.07) is 1.56. The zero-order chi connectivity index (χ0) is 12.1. The van der Waals surface area contributed by atoms with Crippen molar-refractivity contribution in [3.63, 3.8) is 0 Å². The lowest BCUT2D eigenvalue weighted by Gasteiger charge is -2.13. The molecule has 1 atom stereocenters. The van der Waals surface area contributed by atoms with Crippen molar-refractivity contribution < 1.29 is 9.50 Å². The predicted octanol–water partition coefficient (Wildman–Crippen LogP) is 2.94. The molecule has 88 valence electrons. The molecule has 0 spiro atoms. The van der Waals surface area contributed by atoms with E-state index in [1.165, 1.54) is 6.20 Å². The largest absolute Gasteiger partial charge is 0.388 e. The predicted molar refractivity (Wildman–Crippen MR) is 60.2 cm³/mol. The summed E-state index contributed by atoms with van der Waals surface area (Å²) in [6.45, 7) is 8.44. The van der Waals surface area contributed by atoms with Gasteiger partial charge in [-0.2, -0.15) is 0 Å². The smallest absolute Gasteiger partial charge is 0.147 e. The number of aliphatic hydroxyl groups excluding tert-OH is 1. The van der Waals surface area contributed by atoms with E-state index in [0.717, 1.165) is 6.20 Å². The van der Waals surface area contributed by atoms with Crippen LogP contribution in [0.3, 0.4) is 0 Å². The van der Waals surface area contributed by atoms with Crippen LogP contribution in [-0.2, 0) is 0 Å².